The molecule has 0 aliphatic rings. The molecule has 0 radical (unpaired) electrons. The number of nitrogens with zero attached hydrogens (tertiary/aromatic N) is 2. The monoisotopic (exact) mass is 377 g/mol. The molecule has 0 spiro atoms. The lowest BCUT2D eigenvalue weighted by molar-refractivity contribution is -0.117. The Bertz CT molecular complexity index is 1040. The SMILES string of the molecule is CC(Sc1nc2ccccc2c(=O)n1-c1ccc(F)c(Cl)c1)C(N)=O. The number of benzene rings is 2. The number of nitrogens with two attached hydrogens (primary N) is 1. The second-order valence-electron chi connectivity index (χ2n) is 5.31. The minimum absolute atomic E-state index is 0.114. The van der Waals surface area contributed by atoms with Crippen LogP contribution in [0.4, 0.5) is 4.39 Å². The summed E-state index contributed by atoms with van der Waals surface area (Å²) in [5.74, 6) is -1.12. The van der Waals surface area contributed by atoms with E-state index in [2.05, 4.69) is 4.98 Å². The fourth-order valence-electron chi connectivity index (χ4n) is 2.26. The van der Waals surface area contributed by atoms with Gasteiger partial charge in [0.1, 0.15) is 5.82 Å². The van der Waals surface area contributed by atoms with E-state index in [0.717, 1.165) is 11.8 Å². The fraction of sp³-hybridized carbons (Fsp3) is 0.118. The number of primary amides is 1. The summed E-state index contributed by atoms with van der Waals surface area (Å²) < 4.78 is 14.8. The molecule has 8 heteroatoms. The van der Waals surface area contributed by atoms with Gasteiger partial charge in [0, 0.05) is 0 Å². The molecule has 1 amide bonds. The zero-order chi connectivity index (χ0) is 18.1. The largest absolute Gasteiger partial charge is 0.369 e. The summed E-state index contributed by atoms with van der Waals surface area (Å²) in [4.78, 5) is 28.8. The van der Waals surface area contributed by atoms with Gasteiger partial charge in [-0.25, -0.2) is 9.37 Å². The maximum atomic E-state index is 13.5. The van der Waals surface area contributed by atoms with Crippen molar-refractivity contribution >= 4 is 40.2 Å². The van der Waals surface area contributed by atoms with Crippen molar-refractivity contribution in [1.29, 1.82) is 0 Å². The van der Waals surface area contributed by atoms with Crippen LogP contribution in [-0.2, 0) is 4.79 Å². The smallest absolute Gasteiger partial charge is 0.266 e. The van der Waals surface area contributed by atoms with Crippen molar-refractivity contribution < 1.29 is 9.18 Å². The lowest BCUT2D eigenvalue weighted by Crippen LogP contribution is -2.26. The Morgan fingerprint density at radius 2 is 2.04 bits per heavy atom. The molecule has 0 bridgehead atoms. The van der Waals surface area contributed by atoms with Gasteiger partial charge in [-0.15, -0.1) is 0 Å². The van der Waals surface area contributed by atoms with Crippen LogP contribution in [0, 0.1) is 5.82 Å². The number of hydrogen-bond acceptors (Lipinski definition) is 4. The highest BCUT2D eigenvalue weighted by Crippen LogP contribution is 2.26. The highest BCUT2D eigenvalue weighted by molar-refractivity contribution is 8.00. The molecule has 3 aromatic rings. The first-order chi connectivity index (χ1) is 11.9. The lowest BCUT2D eigenvalue weighted by Gasteiger charge is -2.15. The Morgan fingerprint density at radius 3 is 2.72 bits per heavy atom. The van der Waals surface area contributed by atoms with E-state index in [4.69, 9.17) is 17.3 Å². The second-order valence-corrected chi connectivity index (χ2v) is 7.03. The van der Waals surface area contributed by atoms with Crippen molar-refractivity contribution in [3.8, 4) is 5.69 Å². The number of thioether (sulfide) groups is 1. The zero-order valence-electron chi connectivity index (χ0n) is 13.1. The van der Waals surface area contributed by atoms with Crippen LogP contribution >= 0.6 is 23.4 Å². The minimum Gasteiger partial charge on any atom is -0.369 e. The minimum atomic E-state index is -0.602. The standard InChI is InChI=1S/C17H13ClFN3O2S/c1-9(15(20)23)25-17-21-14-5-3-2-4-11(14)16(24)22(17)10-6-7-13(19)12(18)8-10/h2-9H,1H3,(H2,20,23). The maximum absolute atomic E-state index is 13.5. The number of aromatic nitrogens is 2. The molecule has 0 saturated heterocycles. The molecule has 1 unspecified atom stereocenters. The molecule has 5 nitrogen and oxygen atoms in total. The third kappa shape index (κ3) is 3.38. The number of fused-ring (bicyclic) bond motifs is 1. The van der Waals surface area contributed by atoms with E-state index in [1.807, 2.05) is 0 Å². The van der Waals surface area contributed by atoms with Gasteiger partial charge in [0.05, 0.1) is 26.9 Å². The number of hydrogen-bond donors (Lipinski definition) is 1. The predicted octanol–water partition coefficient (Wildman–Crippen LogP) is 3.14. The Kier molecular flexibility index (Phi) is 4.78. The summed E-state index contributed by atoms with van der Waals surface area (Å²) in [6, 6.07) is 10.8. The van der Waals surface area contributed by atoms with Crippen LogP contribution in [0.3, 0.4) is 0 Å². The topological polar surface area (TPSA) is 78.0 Å². The molecule has 2 aromatic carbocycles. The normalized spacial score (nSPS) is 12.3. The summed E-state index contributed by atoms with van der Waals surface area (Å²) >= 11 is 6.90. The van der Waals surface area contributed by atoms with E-state index in [1.165, 1.54) is 22.8 Å². The molecule has 2 N–H and O–H groups in total. The van der Waals surface area contributed by atoms with Crippen molar-refractivity contribution in [2.75, 3.05) is 0 Å². The van der Waals surface area contributed by atoms with Crippen LogP contribution in [0.2, 0.25) is 5.02 Å². The van der Waals surface area contributed by atoms with E-state index >= 15 is 0 Å². The first-order valence-electron chi connectivity index (χ1n) is 7.31. The molecule has 128 valence electrons. The quantitative estimate of drug-likeness (QED) is 0.559. The van der Waals surface area contributed by atoms with E-state index in [1.54, 1.807) is 31.2 Å². The molecule has 1 heterocycles. The number of rotatable bonds is 4. The zero-order valence-corrected chi connectivity index (χ0v) is 14.6. The van der Waals surface area contributed by atoms with Gasteiger partial charge < -0.3 is 5.73 Å². The van der Waals surface area contributed by atoms with Gasteiger partial charge in [0.2, 0.25) is 5.91 Å². The lowest BCUT2D eigenvalue weighted by atomic mass is 10.2. The van der Waals surface area contributed by atoms with Crippen LogP contribution in [0.15, 0.2) is 52.4 Å². The molecule has 0 saturated carbocycles. The van der Waals surface area contributed by atoms with Crippen LogP contribution in [0.5, 0.6) is 0 Å². The third-order valence-electron chi connectivity index (χ3n) is 3.59. The van der Waals surface area contributed by atoms with Crippen molar-refractivity contribution in [2.24, 2.45) is 5.73 Å². The average Bonchev–Trinajstić information content (AvgIpc) is 2.58. The van der Waals surface area contributed by atoms with Crippen molar-refractivity contribution in [2.45, 2.75) is 17.3 Å². The van der Waals surface area contributed by atoms with Gasteiger partial charge in [-0.1, -0.05) is 35.5 Å². The third-order valence-corrected chi connectivity index (χ3v) is 4.95. The molecule has 0 aliphatic heterocycles. The van der Waals surface area contributed by atoms with Gasteiger partial charge in [0.15, 0.2) is 5.16 Å². The summed E-state index contributed by atoms with van der Waals surface area (Å²) in [7, 11) is 0. The van der Waals surface area contributed by atoms with Crippen molar-refractivity contribution in [3.05, 3.63) is 63.7 Å². The van der Waals surface area contributed by atoms with Crippen LogP contribution in [-0.4, -0.2) is 20.7 Å². The molecule has 3 rings (SSSR count). The van der Waals surface area contributed by atoms with Gasteiger partial charge in [-0.3, -0.25) is 14.2 Å². The van der Waals surface area contributed by atoms with Crippen LogP contribution < -0.4 is 11.3 Å². The van der Waals surface area contributed by atoms with E-state index in [-0.39, 0.29) is 15.7 Å². The number of carbonyl (C=O) groups is 1. The number of carbonyl (C=O) groups excluding carboxylic acids is 1. The Hall–Kier alpha value is -2.38. The van der Waals surface area contributed by atoms with E-state index in [0.29, 0.717) is 16.6 Å². The van der Waals surface area contributed by atoms with E-state index in [9.17, 15) is 14.0 Å². The molecular weight excluding hydrogens is 365 g/mol. The number of halogens is 2. The first-order valence-corrected chi connectivity index (χ1v) is 8.57. The Labute approximate surface area is 151 Å². The maximum Gasteiger partial charge on any atom is 0.266 e. The summed E-state index contributed by atoms with van der Waals surface area (Å²) in [5.41, 5.74) is 5.83. The van der Waals surface area contributed by atoms with Crippen LogP contribution in [0.25, 0.3) is 16.6 Å². The van der Waals surface area contributed by atoms with Gasteiger partial charge in [-0.05, 0) is 37.3 Å². The van der Waals surface area contributed by atoms with E-state index < -0.39 is 17.0 Å². The van der Waals surface area contributed by atoms with Gasteiger partial charge >= 0.3 is 0 Å². The number of para-hydroxylation sites is 1. The highest BCUT2D eigenvalue weighted by atomic mass is 35.5. The summed E-state index contributed by atoms with van der Waals surface area (Å²) in [6.07, 6.45) is 0. The summed E-state index contributed by atoms with van der Waals surface area (Å²) in [6.45, 7) is 1.62. The Balaban J connectivity index is 2.29. The molecule has 1 aromatic heterocycles. The summed E-state index contributed by atoms with van der Waals surface area (Å²) in [5, 5.41) is -0.0385. The molecular formula is C17H13ClFN3O2S. The molecule has 1 atom stereocenters. The molecule has 0 aliphatic carbocycles. The predicted molar refractivity (Wildman–Crippen MR) is 96.8 cm³/mol. The van der Waals surface area contributed by atoms with Crippen molar-refractivity contribution in [3.63, 3.8) is 0 Å². The highest BCUT2D eigenvalue weighted by Gasteiger charge is 2.19. The average molecular weight is 378 g/mol. The van der Waals surface area contributed by atoms with Gasteiger partial charge in [0.25, 0.3) is 5.56 Å². The van der Waals surface area contributed by atoms with Crippen molar-refractivity contribution in [1.82, 2.24) is 9.55 Å². The fourth-order valence-corrected chi connectivity index (χ4v) is 3.31. The van der Waals surface area contributed by atoms with Crippen LogP contribution in [0.1, 0.15) is 6.92 Å². The number of amides is 1. The first kappa shape index (κ1) is 17.4. The molecule has 25 heavy (non-hydrogen) atoms. The Morgan fingerprint density at radius 1 is 1.32 bits per heavy atom. The van der Waals surface area contributed by atoms with Gasteiger partial charge in [-0.2, -0.15) is 0 Å². The second kappa shape index (κ2) is 6.85. The molecule has 0 fully saturated rings.